The van der Waals surface area contributed by atoms with Crippen LogP contribution in [0.2, 0.25) is 0 Å². The molecule has 28 heavy (non-hydrogen) atoms. The van der Waals surface area contributed by atoms with E-state index in [-0.39, 0.29) is 0 Å². The molecule has 3 aliphatic rings. The first kappa shape index (κ1) is 18.2. The van der Waals surface area contributed by atoms with Crippen molar-refractivity contribution in [3.63, 3.8) is 0 Å². The molecule has 0 spiro atoms. The molecule has 2 saturated heterocycles. The second-order valence-corrected chi connectivity index (χ2v) is 8.82. The molecule has 3 heteroatoms. The van der Waals surface area contributed by atoms with E-state index in [2.05, 4.69) is 58.3 Å². The van der Waals surface area contributed by atoms with E-state index < -0.39 is 0 Å². The van der Waals surface area contributed by atoms with Gasteiger partial charge in [-0.3, -0.25) is 4.90 Å². The van der Waals surface area contributed by atoms with Crippen molar-refractivity contribution < 1.29 is 4.74 Å². The Labute approximate surface area is 169 Å². The fraction of sp³-hybridized carbons (Fsp3) is 0.520. The lowest BCUT2D eigenvalue weighted by molar-refractivity contribution is 0.261. The van der Waals surface area contributed by atoms with Gasteiger partial charge >= 0.3 is 0 Å². The number of nitrogens with zero attached hydrogens (tertiary/aromatic N) is 2. The summed E-state index contributed by atoms with van der Waals surface area (Å²) < 4.78 is 6.09. The molecule has 3 nitrogen and oxygen atoms in total. The fourth-order valence-corrected chi connectivity index (χ4v) is 5.08. The molecule has 0 radical (unpaired) electrons. The van der Waals surface area contributed by atoms with Crippen LogP contribution in [0.5, 0.6) is 5.75 Å². The first-order valence-corrected chi connectivity index (χ1v) is 11.1. The Morgan fingerprint density at radius 2 is 1.82 bits per heavy atom. The van der Waals surface area contributed by atoms with Crippen LogP contribution < -0.4 is 4.74 Å². The van der Waals surface area contributed by atoms with Gasteiger partial charge in [0.05, 0.1) is 0 Å². The molecular weight excluding hydrogens is 344 g/mol. The molecule has 0 saturated carbocycles. The topological polar surface area (TPSA) is 15.5 Å². The molecule has 2 aliphatic heterocycles. The molecule has 2 heterocycles. The van der Waals surface area contributed by atoms with Gasteiger partial charge in [-0.25, -0.2) is 0 Å². The van der Waals surface area contributed by atoms with Gasteiger partial charge in [0.15, 0.2) is 0 Å². The van der Waals surface area contributed by atoms with Crippen LogP contribution in [0.15, 0.2) is 48.5 Å². The summed E-state index contributed by atoms with van der Waals surface area (Å²) in [7, 11) is 0. The van der Waals surface area contributed by atoms with Crippen LogP contribution >= 0.6 is 0 Å². The van der Waals surface area contributed by atoms with E-state index in [1.54, 1.807) is 5.56 Å². The molecule has 148 valence electrons. The number of likely N-dealkylation sites (tertiary alicyclic amines) is 1. The van der Waals surface area contributed by atoms with Gasteiger partial charge in [-0.05, 0) is 79.9 Å². The first-order valence-electron chi connectivity index (χ1n) is 11.1. The summed E-state index contributed by atoms with van der Waals surface area (Å²) in [4.78, 5) is 5.15. The Bertz CT molecular complexity index is 784. The lowest BCUT2D eigenvalue weighted by atomic mass is 9.83. The minimum atomic E-state index is 0.598. The zero-order chi connectivity index (χ0) is 18.8. The molecule has 2 fully saturated rings. The van der Waals surface area contributed by atoms with Crippen molar-refractivity contribution in [3.8, 4) is 5.75 Å². The fourth-order valence-electron chi connectivity index (χ4n) is 5.08. The molecule has 3 atom stereocenters. The number of fused-ring (bicyclic) bond motifs is 1. The number of aryl methyl sites for hydroxylation is 1. The zero-order valence-electron chi connectivity index (χ0n) is 16.9. The van der Waals surface area contributed by atoms with Crippen molar-refractivity contribution in [2.45, 2.75) is 38.1 Å². The van der Waals surface area contributed by atoms with Crippen molar-refractivity contribution in [2.24, 2.45) is 5.92 Å². The standard InChI is InChI=1S/C25H32N2O/c1-2-6-21(7-3-1)25-19-27(25)14-15-28-24-11-10-22-16-20(8-9-23(22)17-24)18-26-12-4-5-13-26/h1-3,6-7,10-11,17,20,25H,4-5,8-9,12-16,18-19H2. The van der Waals surface area contributed by atoms with E-state index in [4.69, 9.17) is 4.74 Å². The van der Waals surface area contributed by atoms with Crippen LogP contribution in [0.4, 0.5) is 0 Å². The lowest BCUT2D eigenvalue weighted by Gasteiger charge is -2.28. The summed E-state index contributed by atoms with van der Waals surface area (Å²) >= 11 is 0. The second kappa shape index (κ2) is 8.26. The van der Waals surface area contributed by atoms with E-state index in [0.717, 1.165) is 31.4 Å². The summed E-state index contributed by atoms with van der Waals surface area (Å²) in [6, 6.07) is 18.2. The Kier molecular flexibility index (Phi) is 5.37. The van der Waals surface area contributed by atoms with E-state index in [9.17, 15) is 0 Å². The average Bonchev–Trinajstić information content (AvgIpc) is 3.33. The Hall–Kier alpha value is -1.84. The normalized spacial score (nSPS) is 26.8. The number of rotatable bonds is 7. The van der Waals surface area contributed by atoms with Crippen molar-refractivity contribution in [2.75, 3.05) is 39.3 Å². The van der Waals surface area contributed by atoms with Crippen LogP contribution in [-0.4, -0.2) is 49.1 Å². The molecule has 0 bridgehead atoms. The van der Waals surface area contributed by atoms with Crippen LogP contribution in [0.25, 0.3) is 0 Å². The largest absolute Gasteiger partial charge is 0.492 e. The van der Waals surface area contributed by atoms with E-state index in [1.807, 2.05) is 0 Å². The highest BCUT2D eigenvalue weighted by atomic mass is 16.5. The number of ether oxygens (including phenoxy) is 1. The van der Waals surface area contributed by atoms with Gasteiger partial charge in [0.2, 0.25) is 0 Å². The third-order valence-electron chi connectivity index (χ3n) is 6.77. The third kappa shape index (κ3) is 4.26. The monoisotopic (exact) mass is 376 g/mol. The number of hydrogen-bond acceptors (Lipinski definition) is 3. The molecule has 0 N–H and O–H groups in total. The SMILES string of the molecule is c1ccc(C2CN2CCOc2ccc3c(c2)CCC(CN2CCCC2)C3)cc1. The van der Waals surface area contributed by atoms with Crippen LogP contribution in [0.1, 0.15) is 42.0 Å². The predicted octanol–water partition coefficient (Wildman–Crippen LogP) is 4.32. The van der Waals surface area contributed by atoms with Crippen molar-refractivity contribution in [1.82, 2.24) is 9.80 Å². The van der Waals surface area contributed by atoms with E-state index in [1.165, 1.54) is 62.9 Å². The minimum Gasteiger partial charge on any atom is -0.492 e. The second-order valence-electron chi connectivity index (χ2n) is 8.82. The van der Waals surface area contributed by atoms with Gasteiger partial charge in [-0.2, -0.15) is 0 Å². The third-order valence-corrected chi connectivity index (χ3v) is 6.77. The zero-order valence-corrected chi connectivity index (χ0v) is 16.9. The first-order chi connectivity index (χ1) is 13.8. The van der Waals surface area contributed by atoms with E-state index >= 15 is 0 Å². The summed E-state index contributed by atoms with van der Waals surface area (Å²) in [5.74, 6) is 1.89. The Balaban J connectivity index is 1.09. The van der Waals surface area contributed by atoms with Crippen LogP contribution in [0.3, 0.4) is 0 Å². The highest BCUT2D eigenvalue weighted by Crippen LogP contribution is 2.34. The molecule has 0 amide bonds. The van der Waals surface area contributed by atoms with Gasteiger partial charge in [0.1, 0.15) is 12.4 Å². The highest BCUT2D eigenvalue weighted by Gasteiger charge is 2.34. The average molecular weight is 377 g/mol. The van der Waals surface area contributed by atoms with Crippen LogP contribution in [-0.2, 0) is 12.8 Å². The van der Waals surface area contributed by atoms with Crippen molar-refractivity contribution in [1.29, 1.82) is 0 Å². The summed E-state index contributed by atoms with van der Waals surface area (Å²) in [6.07, 6.45) is 6.59. The maximum Gasteiger partial charge on any atom is 0.119 e. The Morgan fingerprint density at radius 3 is 2.68 bits per heavy atom. The molecule has 2 aromatic rings. The maximum absolute atomic E-state index is 6.09. The number of benzene rings is 2. The highest BCUT2D eigenvalue weighted by molar-refractivity contribution is 5.37. The molecular formula is C25H32N2O. The lowest BCUT2D eigenvalue weighted by Crippen LogP contribution is -2.30. The summed E-state index contributed by atoms with van der Waals surface area (Å²) in [5.41, 5.74) is 4.50. The minimum absolute atomic E-state index is 0.598. The van der Waals surface area contributed by atoms with Crippen LogP contribution in [0, 0.1) is 5.92 Å². The summed E-state index contributed by atoms with van der Waals surface area (Å²) in [5, 5.41) is 0. The molecule has 0 aromatic heterocycles. The van der Waals surface area contributed by atoms with Crippen molar-refractivity contribution >= 4 is 0 Å². The van der Waals surface area contributed by atoms with Crippen molar-refractivity contribution in [3.05, 3.63) is 65.2 Å². The number of hydrogen-bond donors (Lipinski definition) is 0. The van der Waals surface area contributed by atoms with Gasteiger partial charge in [0.25, 0.3) is 0 Å². The molecule has 5 rings (SSSR count). The maximum atomic E-state index is 6.09. The van der Waals surface area contributed by atoms with Gasteiger partial charge in [-0.1, -0.05) is 36.4 Å². The summed E-state index contributed by atoms with van der Waals surface area (Å²) in [6.45, 7) is 6.89. The smallest absolute Gasteiger partial charge is 0.119 e. The van der Waals surface area contributed by atoms with E-state index in [0.29, 0.717) is 6.04 Å². The quantitative estimate of drug-likeness (QED) is 0.669. The molecule has 3 unspecified atom stereocenters. The van der Waals surface area contributed by atoms with Gasteiger partial charge in [-0.15, -0.1) is 0 Å². The molecule has 2 aromatic carbocycles. The molecule has 1 aliphatic carbocycles. The predicted molar refractivity (Wildman–Crippen MR) is 114 cm³/mol. The van der Waals surface area contributed by atoms with Gasteiger partial charge in [0, 0.05) is 25.7 Å². The Morgan fingerprint density at radius 1 is 0.964 bits per heavy atom. The van der Waals surface area contributed by atoms with Gasteiger partial charge < -0.3 is 9.64 Å².